The standard InChI is InChI=1S/C26H31N3O3/c1-20-24(27-26(32-20)22-7-4-3-5-8-22)19-28-15-6-16-29(18-17-28)25(30)14-11-21-9-12-23(31-2)13-10-21/h3-5,7-10,12-13H,6,11,14-19H2,1-2H3. The lowest BCUT2D eigenvalue weighted by Crippen LogP contribution is -2.35. The number of methoxy groups -OCH3 is 1. The summed E-state index contributed by atoms with van der Waals surface area (Å²) in [6, 6.07) is 17.9. The predicted octanol–water partition coefficient (Wildman–Crippen LogP) is 4.33. The molecular weight excluding hydrogens is 402 g/mol. The van der Waals surface area contributed by atoms with Gasteiger partial charge in [-0.1, -0.05) is 30.3 Å². The number of carbonyl (C=O) groups excluding carboxylic acids is 1. The summed E-state index contributed by atoms with van der Waals surface area (Å²) in [4.78, 5) is 21.9. The Labute approximate surface area is 189 Å². The minimum atomic E-state index is 0.228. The molecule has 2 aromatic carbocycles. The second-order valence-electron chi connectivity index (χ2n) is 8.25. The lowest BCUT2D eigenvalue weighted by molar-refractivity contribution is -0.131. The molecule has 6 nitrogen and oxygen atoms in total. The largest absolute Gasteiger partial charge is 0.497 e. The topological polar surface area (TPSA) is 58.8 Å². The molecule has 0 N–H and O–H groups in total. The van der Waals surface area contributed by atoms with Crippen LogP contribution in [0.3, 0.4) is 0 Å². The van der Waals surface area contributed by atoms with Crippen molar-refractivity contribution in [2.45, 2.75) is 32.7 Å². The highest BCUT2D eigenvalue weighted by Gasteiger charge is 2.21. The Hall–Kier alpha value is -3.12. The molecule has 1 fully saturated rings. The van der Waals surface area contributed by atoms with E-state index in [1.807, 2.05) is 66.4 Å². The van der Waals surface area contributed by atoms with E-state index in [9.17, 15) is 4.79 Å². The van der Waals surface area contributed by atoms with E-state index in [1.165, 1.54) is 0 Å². The molecule has 0 saturated carbocycles. The molecule has 3 aromatic rings. The lowest BCUT2D eigenvalue weighted by atomic mass is 10.1. The summed E-state index contributed by atoms with van der Waals surface area (Å²) in [6.45, 7) is 6.09. The Bertz CT molecular complexity index is 1010. The average Bonchev–Trinajstić information content (AvgIpc) is 3.04. The zero-order valence-corrected chi connectivity index (χ0v) is 18.9. The number of ether oxygens (including phenoxy) is 1. The van der Waals surface area contributed by atoms with E-state index in [0.29, 0.717) is 12.3 Å². The number of hydrogen-bond donors (Lipinski definition) is 0. The van der Waals surface area contributed by atoms with Gasteiger partial charge in [-0.25, -0.2) is 4.98 Å². The molecule has 0 bridgehead atoms. The normalized spacial score (nSPS) is 14.9. The fourth-order valence-corrected chi connectivity index (χ4v) is 4.07. The maximum Gasteiger partial charge on any atom is 0.226 e. The molecule has 0 aliphatic carbocycles. The number of aromatic nitrogens is 1. The van der Waals surface area contributed by atoms with Crippen molar-refractivity contribution in [3.8, 4) is 17.2 Å². The Morgan fingerprint density at radius 3 is 2.56 bits per heavy atom. The van der Waals surface area contributed by atoms with Gasteiger partial charge in [0.1, 0.15) is 11.5 Å². The second kappa shape index (κ2) is 10.5. The van der Waals surface area contributed by atoms with Gasteiger partial charge in [-0.2, -0.15) is 0 Å². The van der Waals surface area contributed by atoms with Crippen molar-refractivity contribution in [3.05, 3.63) is 71.6 Å². The maximum absolute atomic E-state index is 12.8. The van der Waals surface area contributed by atoms with Gasteiger partial charge < -0.3 is 14.1 Å². The fourth-order valence-electron chi connectivity index (χ4n) is 4.07. The third kappa shape index (κ3) is 5.56. The molecule has 1 aromatic heterocycles. The number of nitrogens with zero attached hydrogens (tertiary/aromatic N) is 3. The first-order valence-electron chi connectivity index (χ1n) is 11.3. The highest BCUT2D eigenvalue weighted by Crippen LogP contribution is 2.22. The molecule has 0 unspecified atom stereocenters. The van der Waals surface area contributed by atoms with Crippen LogP contribution in [0.15, 0.2) is 59.0 Å². The number of carbonyl (C=O) groups is 1. The van der Waals surface area contributed by atoms with Gasteiger partial charge in [0, 0.05) is 44.7 Å². The van der Waals surface area contributed by atoms with Crippen LogP contribution in [0.1, 0.15) is 29.9 Å². The van der Waals surface area contributed by atoms with Gasteiger partial charge in [-0.3, -0.25) is 9.69 Å². The highest BCUT2D eigenvalue weighted by atomic mass is 16.5. The van der Waals surface area contributed by atoms with Gasteiger partial charge in [0.25, 0.3) is 0 Å². The predicted molar refractivity (Wildman–Crippen MR) is 124 cm³/mol. The number of oxazole rings is 1. The first-order valence-corrected chi connectivity index (χ1v) is 11.3. The van der Waals surface area contributed by atoms with Crippen LogP contribution in [-0.4, -0.2) is 54.0 Å². The quantitative estimate of drug-likeness (QED) is 0.555. The molecule has 4 rings (SSSR count). The number of hydrogen-bond acceptors (Lipinski definition) is 5. The van der Waals surface area contributed by atoms with Crippen LogP contribution >= 0.6 is 0 Å². The molecule has 2 heterocycles. The molecule has 0 atom stereocenters. The Kier molecular flexibility index (Phi) is 7.22. The van der Waals surface area contributed by atoms with Crippen molar-refractivity contribution < 1.29 is 13.9 Å². The molecule has 1 aliphatic rings. The van der Waals surface area contributed by atoms with Gasteiger partial charge in [0.2, 0.25) is 11.8 Å². The van der Waals surface area contributed by atoms with Crippen LogP contribution in [-0.2, 0) is 17.8 Å². The molecule has 168 valence electrons. The number of benzene rings is 2. The number of aryl methyl sites for hydroxylation is 2. The summed E-state index contributed by atoms with van der Waals surface area (Å²) < 4.78 is 11.1. The lowest BCUT2D eigenvalue weighted by Gasteiger charge is -2.21. The smallest absolute Gasteiger partial charge is 0.226 e. The zero-order valence-electron chi connectivity index (χ0n) is 18.9. The van der Waals surface area contributed by atoms with E-state index >= 15 is 0 Å². The fraction of sp³-hybridized carbons (Fsp3) is 0.385. The SMILES string of the molecule is COc1ccc(CCC(=O)N2CCCN(Cc3nc(-c4ccccc4)oc3C)CC2)cc1. The minimum Gasteiger partial charge on any atom is -0.497 e. The number of amides is 1. The molecular formula is C26H31N3O3. The molecule has 1 saturated heterocycles. The van der Waals surface area contributed by atoms with Gasteiger partial charge in [-0.15, -0.1) is 0 Å². The average molecular weight is 434 g/mol. The molecule has 1 aliphatic heterocycles. The molecule has 6 heteroatoms. The van der Waals surface area contributed by atoms with Crippen LogP contribution in [0.5, 0.6) is 5.75 Å². The minimum absolute atomic E-state index is 0.228. The molecule has 32 heavy (non-hydrogen) atoms. The first-order chi connectivity index (χ1) is 15.6. The monoisotopic (exact) mass is 433 g/mol. The van der Waals surface area contributed by atoms with E-state index in [4.69, 9.17) is 14.1 Å². The third-order valence-corrected chi connectivity index (χ3v) is 6.01. The van der Waals surface area contributed by atoms with Crippen LogP contribution in [0.25, 0.3) is 11.5 Å². The van der Waals surface area contributed by atoms with Crippen molar-refractivity contribution in [1.29, 1.82) is 0 Å². The zero-order chi connectivity index (χ0) is 22.3. The van der Waals surface area contributed by atoms with Crippen molar-refractivity contribution in [2.24, 2.45) is 0 Å². The Morgan fingerprint density at radius 1 is 1.03 bits per heavy atom. The summed E-state index contributed by atoms with van der Waals surface area (Å²) in [7, 11) is 1.66. The molecule has 0 radical (unpaired) electrons. The summed E-state index contributed by atoms with van der Waals surface area (Å²) in [5.74, 6) is 2.60. The van der Waals surface area contributed by atoms with Gasteiger partial charge in [0.15, 0.2) is 0 Å². The van der Waals surface area contributed by atoms with Crippen molar-refractivity contribution in [2.75, 3.05) is 33.3 Å². The first kappa shape index (κ1) is 22.1. The summed E-state index contributed by atoms with van der Waals surface area (Å²) in [6.07, 6.45) is 2.26. The number of rotatable bonds is 7. The van der Waals surface area contributed by atoms with Gasteiger partial charge in [-0.05, 0) is 49.6 Å². The van der Waals surface area contributed by atoms with E-state index in [2.05, 4.69) is 4.90 Å². The van der Waals surface area contributed by atoms with E-state index < -0.39 is 0 Å². The Morgan fingerprint density at radius 2 is 1.81 bits per heavy atom. The maximum atomic E-state index is 12.8. The van der Waals surface area contributed by atoms with Crippen molar-refractivity contribution >= 4 is 5.91 Å². The van der Waals surface area contributed by atoms with Gasteiger partial charge in [0.05, 0.1) is 12.8 Å². The second-order valence-corrected chi connectivity index (χ2v) is 8.25. The van der Waals surface area contributed by atoms with Crippen molar-refractivity contribution in [1.82, 2.24) is 14.8 Å². The summed E-state index contributed by atoms with van der Waals surface area (Å²) in [5.41, 5.74) is 3.13. The van der Waals surface area contributed by atoms with Crippen LogP contribution < -0.4 is 4.74 Å². The third-order valence-electron chi connectivity index (χ3n) is 6.01. The van der Waals surface area contributed by atoms with Crippen LogP contribution in [0.2, 0.25) is 0 Å². The molecule has 0 spiro atoms. The van der Waals surface area contributed by atoms with E-state index in [0.717, 1.165) is 73.9 Å². The summed E-state index contributed by atoms with van der Waals surface area (Å²) in [5, 5.41) is 0. The van der Waals surface area contributed by atoms with Crippen LogP contribution in [0, 0.1) is 6.92 Å². The molecule has 1 amide bonds. The van der Waals surface area contributed by atoms with Crippen LogP contribution in [0.4, 0.5) is 0 Å². The summed E-state index contributed by atoms with van der Waals surface area (Å²) >= 11 is 0. The Balaban J connectivity index is 1.29. The van der Waals surface area contributed by atoms with Crippen molar-refractivity contribution in [3.63, 3.8) is 0 Å². The van der Waals surface area contributed by atoms with E-state index in [-0.39, 0.29) is 5.91 Å². The van der Waals surface area contributed by atoms with E-state index in [1.54, 1.807) is 7.11 Å². The highest BCUT2D eigenvalue weighted by molar-refractivity contribution is 5.76. The van der Waals surface area contributed by atoms with Gasteiger partial charge >= 0.3 is 0 Å².